The lowest BCUT2D eigenvalue weighted by Crippen LogP contribution is -2.47. The second-order valence-corrected chi connectivity index (χ2v) is 5.57. The smallest absolute Gasteiger partial charge is 0.331 e. The van der Waals surface area contributed by atoms with E-state index in [2.05, 4.69) is 0 Å². The molecule has 1 aliphatic heterocycles. The molecule has 1 aromatic heterocycles. The van der Waals surface area contributed by atoms with Crippen molar-refractivity contribution in [2.45, 2.75) is 45.6 Å². The average Bonchev–Trinajstić information content (AvgIpc) is 2.88. The van der Waals surface area contributed by atoms with Crippen LogP contribution in [0.1, 0.15) is 18.9 Å². The van der Waals surface area contributed by atoms with Crippen LogP contribution in [0.2, 0.25) is 0 Å². The Kier molecular flexibility index (Phi) is 4.67. The van der Waals surface area contributed by atoms with E-state index in [-0.39, 0.29) is 26.1 Å². The van der Waals surface area contributed by atoms with Crippen LogP contribution in [-0.2, 0) is 22.7 Å². The summed E-state index contributed by atoms with van der Waals surface area (Å²) in [7, 11) is 0. The highest BCUT2D eigenvalue weighted by Crippen LogP contribution is 2.20. The van der Waals surface area contributed by atoms with Gasteiger partial charge in [-0.15, -0.1) is 0 Å². The van der Waals surface area contributed by atoms with Gasteiger partial charge in [-0.1, -0.05) is 0 Å². The van der Waals surface area contributed by atoms with E-state index in [1.54, 1.807) is 6.92 Å². The van der Waals surface area contributed by atoms with Crippen LogP contribution in [0, 0.1) is 6.92 Å². The number of aromatic nitrogens is 2. The summed E-state index contributed by atoms with van der Waals surface area (Å²) in [5.41, 5.74) is 4.47. The summed E-state index contributed by atoms with van der Waals surface area (Å²) in [5, 5.41) is 0. The highest BCUT2D eigenvalue weighted by Gasteiger charge is 2.38. The molecular formula is C14H19FN4O4. The number of carbonyl (C=O) groups excluding carboxylic acids is 2. The number of aryl methyl sites for hydroxylation is 1. The molecule has 0 bridgehead atoms. The summed E-state index contributed by atoms with van der Waals surface area (Å²) < 4.78 is 15.6. The minimum atomic E-state index is -1.32. The third-order valence-corrected chi connectivity index (χ3v) is 3.93. The minimum Gasteiger partial charge on any atom is -0.368 e. The first-order valence-electron chi connectivity index (χ1n) is 7.30. The number of likely N-dealkylation sites (tertiary alicyclic amines) is 1. The summed E-state index contributed by atoms with van der Waals surface area (Å²) in [4.78, 5) is 48.7. The van der Waals surface area contributed by atoms with Gasteiger partial charge in [-0.3, -0.25) is 23.5 Å². The number of nitrogens with two attached hydrogens (primary N) is 1. The summed E-state index contributed by atoms with van der Waals surface area (Å²) in [6.07, 6.45) is -0.167. The van der Waals surface area contributed by atoms with Gasteiger partial charge < -0.3 is 10.6 Å². The maximum absolute atomic E-state index is 13.5. The fourth-order valence-electron chi connectivity index (χ4n) is 2.76. The molecule has 0 spiro atoms. The Balaban J connectivity index is 2.31. The van der Waals surface area contributed by atoms with E-state index in [0.717, 1.165) is 14.0 Å². The Morgan fingerprint density at radius 1 is 1.39 bits per heavy atom. The summed E-state index contributed by atoms with van der Waals surface area (Å²) in [6.45, 7) is 2.75. The molecule has 2 unspecified atom stereocenters. The molecule has 2 heterocycles. The number of halogens is 1. The number of nitrogens with zero attached hydrogens (tertiary/aromatic N) is 3. The predicted molar refractivity (Wildman–Crippen MR) is 79.6 cm³/mol. The largest absolute Gasteiger partial charge is 0.368 e. The lowest BCUT2D eigenvalue weighted by molar-refractivity contribution is -0.137. The van der Waals surface area contributed by atoms with Crippen LogP contribution in [0.15, 0.2) is 15.8 Å². The molecule has 1 aromatic rings. The second-order valence-electron chi connectivity index (χ2n) is 5.57. The number of amides is 2. The van der Waals surface area contributed by atoms with E-state index in [4.69, 9.17) is 5.73 Å². The van der Waals surface area contributed by atoms with Crippen molar-refractivity contribution in [1.29, 1.82) is 0 Å². The van der Waals surface area contributed by atoms with Gasteiger partial charge in [0.25, 0.3) is 5.56 Å². The standard InChI is InChI=1S/C14H19FN4O4/c1-3-18-13(22)8(2)5-17(14(18)23)7-11(20)19-6-9(15)4-10(19)12(16)21/h5,9-10H,3-4,6-7H2,1-2H3,(H2,16,21). The molecule has 0 saturated carbocycles. The Labute approximate surface area is 131 Å². The number of alkyl halides is 1. The normalized spacial score (nSPS) is 20.7. The zero-order valence-corrected chi connectivity index (χ0v) is 13.0. The van der Waals surface area contributed by atoms with Crippen molar-refractivity contribution in [1.82, 2.24) is 14.0 Å². The van der Waals surface area contributed by atoms with E-state index in [9.17, 15) is 23.6 Å². The van der Waals surface area contributed by atoms with E-state index < -0.39 is 35.3 Å². The van der Waals surface area contributed by atoms with Crippen LogP contribution >= 0.6 is 0 Å². The highest BCUT2D eigenvalue weighted by atomic mass is 19.1. The van der Waals surface area contributed by atoms with Crippen molar-refractivity contribution in [2.24, 2.45) is 5.73 Å². The maximum Gasteiger partial charge on any atom is 0.331 e. The number of primary amides is 1. The molecule has 126 valence electrons. The lowest BCUT2D eigenvalue weighted by Gasteiger charge is -2.22. The van der Waals surface area contributed by atoms with Gasteiger partial charge in [0.1, 0.15) is 18.8 Å². The molecule has 23 heavy (non-hydrogen) atoms. The molecule has 9 heteroatoms. The van der Waals surface area contributed by atoms with Gasteiger partial charge in [0.05, 0.1) is 6.54 Å². The third kappa shape index (κ3) is 3.17. The SMILES string of the molecule is CCn1c(=O)c(C)cn(CC(=O)N2CC(F)CC2C(N)=O)c1=O. The monoisotopic (exact) mass is 326 g/mol. The van der Waals surface area contributed by atoms with E-state index >= 15 is 0 Å². The number of hydrogen-bond acceptors (Lipinski definition) is 4. The van der Waals surface area contributed by atoms with Gasteiger partial charge in [0, 0.05) is 24.7 Å². The highest BCUT2D eigenvalue weighted by molar-refractivity contribution is 5.87. The molecule has 2 atom stereocenters. The summed E-state index contributed by atoms with van der Waals surface area (Å²) in [5.74, 6) is -1.36. The van der Waals surface area contributed by atoms with Gasteiger partial charge in [-0.05, 0) is 13.8 Å². The number of carbonyl (C=O) groups is 2. The van der Waals surface area contributed by atoms with E-state index in [1.807, 2.05) is 0 Å². The lowest BCUT2D eigenvalue weighted by atomic mass is 10.2. The molecule has 0 radical (unpaired) electrons. The molecule has 2 N–H and O–H groups in total. The van der Waals surface area contributed by atoms with Crippen LogP contribution in [-0.4, -0.2) is 44.6 Å². The van der Waals surface area contributed by atoms with Crippen LogP contribution in [0.25, 0.3) is 0 Å². The minimum absolute atomic E-state index is 0.135. The van der Waals surface area contributed by atoms with Crippen molar-refractivity contribution in [3.05, 3.63) is 32.6 Å². The van der Waals surface area contributed by atoms with Gasteiger partial charge >= 0.3 is 5.69 Å². The van der Waals surface area contributed by atoms with Gasteiger partial charge in [-0.2, -0.15) is 0 Å². The Morgan fingerprint density at radius 3 is 2.61 bits per heavy atom. The topological polar surface area (TPSA) is 107 Å². The number of rotatable bonds is 4. The molecular weight excluding hydrogens is 307 g/mol. The first-order valence-corrected chi connectivity index (χ1v) is 7.30. The van der Waals surface area contributed by atoms with Crippen molar-refractivity contribution in [3.8, 4) is 0 Å². The summed E-state index contributed by atoms with van der Waals surface area (Å²) in [6, 6.07) is -1.01. The predicted octanol–water partition coefficient (Wildman–Crippen LogP) is -1.24. The molecule has 1 fully saturated rings. The van der Waals surface area contributed by atoms with Gasteiger partial charge in [-0.25, -0.2) is 9.18 Å². The first-order chi connectivity index (χ1) is 10.8. The van der Waals surface area contributed by atoms with Crippen molar-refractivity contribution in [2.75, 3.05) is 6.54 Å². The van der Waals surface area contributed by atoms with E-state index in [0.29, 0.717) is 5.56 Å². The van der Waals surface area contributed by atoms with Crippen LogP contribution < -0.4 is 17.0 Å². The second kappa shape index (κ2) is 6.35. The Morgan fingerprint density at radius 2 is 2.04 bits per heavy atom. The van der Waals surface area contributed by atoms with Crippen molar-refractivity contribution < 1.29 is 14.0 Å². The Bertz CT molecular complexity index is 754. The van der Waals surface area contributed by atoms with Crippen LogP contribution in [0.4, 0.5) is 4.39 Å². The zero-order chi connectivity index (χ0) is 17.3. The fraction of sp³-hybridized carbons (Fsp3) is 0.571. The van der Waals surface area contributed by atoms with Crippen LogP contribution in [0.3, 0.4) is 0 Å². The zero-order valence-electron chi connectivity index (χ0n) is 13.0. The van der Waals surface area contributed by atoms with Gasteiger partial charge in [0.2, 0.25) is 11.8 Å². The van der Waals surface area contributed by atoms with Crippen molar-refractivity contribution in [3.63, 3.8) is 0 Å². The van der Waals surface area contributed by atoms with Crippen molar-refractivity contribution >= 4 is 11.8 Å². The van der Waals surface area contributed by atoms with Gasteiger partial charge in [0.15, 0.2) is 0 Å². The molecule has 2 rings (SSSR count). The first kappa shape index (κ1) is 16.9. The third-order valence-electron chi connectivity index (χ3n) is 3.93. The fourth-order valence-corrected chi connectivity index (χ4v) is 2.76. The molecule has 1 saturated heterocycles. The molecule has 8 nitrogen and oxygen atoms in total. The molecule has 0 aromatic carbocycles. The van der Waals surface area contributed by atoms with E-state index in [1.165, 1.54) is 13.1 Å². The average molecular weight is 326 g/mol. The molecule has 0 aliphatic carbocycles. The molecule has 2 amide bonds. The number of hydrogen-bond donors (Lipinski definition) is 1. The van der Waals surface area contributed by atoms with Crippen LogP contribution in [0.5, 0.6) is 0 Å². The summed E-state index contributed by atoms with van der Waals surface area (Å²) >= 11 is 0. The Hall–Kier alpha value is -2.45. The molecule has 1 aliphatic rings. The maximum atomic E-state index is 13.5. The quantitative estimate of drug-likeness (QED) is 0.747.